The molecule has 1 heteroatoms. The summed E-state index contributed by atoms with van der Waals surface area (Å²) in [6, 6.07) is 11.2. The summed E-state index contributed by atoms with van der Waals surface area (Å²) in [5.41, 5.74) is 6.81. The second kappa shape index (κ2) is 5.78. The Kier molecular flexibility index (Phi) is 4.47. The van der Waals surface area contributed by atoms with Crippen LogP contribution in [0.15, 0.2) is 24.3 Å². The largest absolute Gasteiger partial charge is 0.330 e. The zero-order chi connectivity index (χ0) is 8.65. The van der Waals surface area contributed by atoms with Crippen molar-refractivity contribution >= 4 is 0 Å². The van der Waals surface area contributed by atoms with Crippen LogP contribution in [0.3, 0.4) is 0 Å². The lowest BCUT2D eigenvalue weighted by Crippen LogP contribution is -1.98. The first kappa shape index (κ1) is 9.27. The first-order valence-corrected chi connectivity index (χ1v) is 4.58. The molecule has 65 valence electrons. The summed E-state index contributed by atoms with van der Waals surface area (Å²) in [5.74, 6) is 0. The lowest BCUT2D eigenvalue weighted by Gasteiger charge is -1.99. The Morgan fingerprint density at radius 2 is 1.83 bits per heavy atom. The molecule has 0 amide bonds. The highest BCUT2D eigenvalue weighted by molar-refractivity contribution is 5.13. The summed E-state index contributed by atoms with van der Waals surface area (Å²) in [5, 5.41) is 0. The van der Waals surface area contributed by atoms with E-state index in [1.807, 2.05) is 12.1 Å². The normalized spacial score (nSPS) is 10.1. The fraction of sp³-hybridized carbons (Fsp3) is 0.455. The van der Waals surface area contributed by atoms with Crippen LogP contribution in [0.5, 0.6) is 0 Å². The monoisotopic (exact) mass is 162 g/mol. The zero-order valence-electron chi connectivity index (χ0n) is 7.42. The number of unbranched alkanes of at least 4 members (excludes halogenated alkanes) is 2. The summed E-state index contributed by atoms with van der Waals surface area (Å²) in [6.45, 7) is 0.822. The van der Waals surface area contributed by atoms with E-state index in [2.05, 4.69) is 18.2 Å². The highest BCUT2D eigenvalue weighted by atomic mass is 14.5. The van der Waals surface area contributed by atoms with Crippen LogP contribution in [0, 0.1) is 6.07 Å². The van der Waals surface area contributed by atoms with Crippen LogP contribution in [0.2, 0.25) is 0 Å². The number of nitrogens with two attached hydrogens (primary N) is 1. The molecule has 12 heavy (non-hydrogen) atoms. The Hall–Kier alpha value is -0.820. The van der Waals surface area contributed by atoms with Gasteiger partial charge in [-0.1, -0.05) is 30.7 Å². The molecule has 0 aliphatic carbocycles. The summed E-state index contributed by atoms with van der Waals surface area (Å²) < 4.78 is 0. The second-order valence-electron chi connectivity index (χ2n) is 3.01. The summed E-state index contributed by atoms with van der Waals surface area (Å²) in [6.07, 6.45) is 4.82. The first-order chi connectivity index (χ1) is 5.93. The molecular formula is C11H16N. The van der Waals surface area contributed by atoms with E-state index >= 15 is 0 Å². The minimum Gasteiger partial charge on any atom is -0.330 e. The molecule has 1 aromatic carbocycles. The zero-order valence-corrected chi connectivity index (χ0v) is 7.42. The lowest BCUT2D eigenvalue weighted by molar-refractivity contribution is 0.686. The van der Waals surface area contributed by atoms with Gasteiger partial charge in [-0.2, -0.15) is 0 Å². The molecule has 1 radical (unpaired) electrons. The molecule has 0 atom stereocenters. The molecule has 1 rings (SSSR count). The van der Waals surface area contributed by atoms with Gasteiger partial charge in [-0.15, -0.1) is 0 Å². The van der Waals surface area contributed by atoms with E-state index in [-0.39, 0.29) is 0 Å². The van der Waals surface area contributed by atoms with Crippen LogP contribution >= 0.6 is 0 Å². The van der Waals surface area contributed by atoms with Crippen molar-refractivity contribution in [1.82, 2.24) is 0 Å². The van der Waals surface area contributed by atoms with Crippen molar-refractivity contribution in [3.05, 3.63) is 35.9 Å². The smallest absolute Gasteiger partial charge is 0.00773 e. The van der Waals surface area contributed by atoms with Crippen LogP contribution in [-0.4, -0.2) is 6.54 Å². The Morgan fingerprint density at radius 1 is 1.08 bits per heavy atom. The predicted molar refractivity (Wildman–Crippen MR) is 51.9 cm³/mol. The molecule has 0 saturated heterocycles. The fourth-order valence-corrected chi connectivity index (χ4v) is 1.24. The SMILES string of the molecule is NCCCCCc1cc[c]cc1. The summed E-state index contributed by atoms with van der Waals surface area (Å²) in [4.78, 5) is 0. The van der Waals surface area contributed by atoms with Crippen molar-refractivity contribution in [2.45, 2.75) is 25.7 Å². The Morgan fingerprint density at radius 3 is 2.50 bits per heavy atom. The van der Waals surface area contributed by atoms with Gasteiger partial charge in [-0.25, -0.2) is 0 Å². The molecule has 0 saturated carbocycles. The molecule has 0 aromatic heterocycles. The van der Waals surface area contributed by atoms with Crippen LogP contribution in [0.1, 0.15) is 24.8 Å². The van der Waals surface area contributed by atoms with Gasteiger partial charge in [-0.3, -0.25) is 0 Å². The fourth-order valence-electron chi connectivity index (χ4n) is 1.24. The van der Waals surface area contributed by atoms with E-state index in [9.17, 15) is 0 Å². The first-order valence-electron chi connectivity index (χ1n) is 4.58. The van der Waals surface area contributed by atoms with Gasteiger partial charge in [0, 0.05) is 0 Å². The molecule has 1 aromatic rings. The molecule has 0 aliphatic rings. The number of hydrogen-bond donors (Lipinski definition) is 1. The highest BCUT2D eigenvalue weighted by Gasteiger charge is 1.90. The van der Waals surface area contributed by atoms with Gasteiger partial charge in [0.05, 0.1) is 0 Å². The van der Waals surface area contributed by atoms with Crippen molar-refractivity contribution in [2.75, 3.05) is 6.54 Å². The third-order valence-electron chi connectivity index (χ3n) is 1.96. The summed E-state index contributed by atoms with van der Waals surface area (Å²) >= 11 is 0. The minimum absolute atomic E-state index is 0.822. The van der Waals surface area contributed by atoms with Gasteiger partial charge < -0.3 is 5.73 Å². The topological polar surface area (TPSA) is 26.0 Å². The van der Waals surface area contributed by atoms with E-state index in [4.69, 9.17) is 5.73 Å². The van der Waals surface area contributed by atoms with Gasteiger partial charge in [-0.05, 0) is 37.4 Å². The number of hydrogen-bond acceptors (Lipinski definition) is 1. The van der Waals surface area contributed by atoms with E-state index in [0.29, 0.717) is 0 Å². The molecule has 0 aliphatic heterocycles. The van der Waals surface area contributed by atoms with Gasteiger partial charge in [0.25, 0.3) is 0 Å². The molecule has 0 bridgehead atoms. The van der Waals surface area contributed by atoms with Crippen molar-refractivity contribution in [3.8, 4) is 0 Å². The third-order valence-corrected chi connectivity index (χ3v) is 1.96. The molecular weight excluding hydrogens is 146 g/mol. The van der Waals surface area contributed by atoms with Crippen molar-refractivity contribution < 1.29 is 0 Å². The number of benzene rings is 1. The van der Waals surface area contributed by atoms with E-state index in [1.54, 1.807) is 0 Å². The van der Waals surface area contributed by atoms with Crippen LogP contribution in [-0.2, 0) is 6.42 Å². The predicted octanol–water partition coefficient (Wildman–Crippen LogP) is 2.16. The molecule has 2 N–H and O–H groups in total. The van der Waals surface area contributed by atoms with Crippen LogP contribution < -0.4 is 5.73 Å². The highest BCUT2D eigenvalue weighted by Crippen LogP contribution is 2.04. The van der Waals surface area contributed by atoms with Gasteiger partial charge in [0.15, 0.2) is 0 Å². The average Bonchev–Trinajstić information content (AvgIpc) is 2.14. The third kappa shape index (κ3) is 3.54. The quantitative estimate of drug-likeness (QED) is 0.660. The number of rotatable bonds is 5. The van der Waals surface area contributed by atoms with E-state index < -0.39 is 0 Å². The Labute approximate surface area is 74.6 Å². The van der Waals surface area contributed by atoms with E-state index in [1.165, 1.54) is 24.8 Å². The lowest BCUT2D eigenvalue weighted by atomic mass is 10.1. The Bertz CT molecular complexity index is 193. The van der Waals surface area contributed by atoms with Gasteiger partial charge in [0.1, 0.15) is 0 Å². The van der Waals surface area contributed by atoms with Gasteiger partial charge in [0.2, 0.25) is 0 Å². The molecule has 0 unspecified atom stereocenters. The number of aryl methyl sites for hydroxylation is 1. The van der Waals surface area contributed by atoms with Crippen LogP contribution in [0.4, 0.5) is 0 Å². The van der Waals surface area contributed by atoms with Crippen LogP contribution in [0.25, 0.3) is 0 Å². The van der Waals surface area contributed by atoms with Gasteiger partial charge >= 0.3 is 0 Å². The average molecular weight is 162 g/mol. The summed E-state index contributed by atoms with van der Waals surface area (Å²) in [7, 11) is 0. The molecule has 0 spiro atoms. The molecule has 0 heterocycles. The standard InChI is InChI=1S/C11H16N/c12-10-6-2-5-9-11-7-3-1-4-8-11/h3-4,7-8H,2,5-6,9-10,12H2. The van der Waals surface area contributed by atoms with Crippen molar-refractivity contribution in [3.63, 3.8) is 0 Å². The van der Waals surface area contributed by atoms with E-state index in [0.717, 1.165) is 13.0 Å². The molecule has 0 fully saturated rings. The van der Waals surface area contributed by atoms with Crippen molar-refractivity contribution in [1.29, 1.82) is 0 Å². The second-order valence-corrected chi connectivity index (χ2v) is 3.01. The van der Waals surface area contributed by atoms with Crippen molar-refractivity contribution in [2.24, 2.45) is 5.73 Å². The molecule has 1 nitrogen and oxygen atoms in total. The maximum Gasteiger partial charge on any atom is -0.00773 e. The minimum atomic E-state index is 0.822. The Balaban J connectivity index is 2.16. The maximum absolute atomic E-state index is 5.40. The maximum atomic E-state index is 5.40.